The molecule has 1 heterocycles. The lowest BCUT2D eigenvalue weighted by Gasteiger charge is -1.97. The van der Waals surface area contributed by atoms with Crippen LogP contribution in [0.3, 0.4) is 0 Å². The van der Waals surface area contributed by atoms with Crippen LogP contribution in [0, 0.1) is 0 Å². The Kier molecular flexibility index (Phi) is 2.60. The third-order valence-corrected chi connectivity index (χ3v) is 1.19. The van der Waals surface area contributed by atoms with Crippen LogP contribution in [0.1, 0.15) is 5.69 Å². The van der Waals surface area contributed by atoms with E-state index in [2.05, 4.69) is 4.98 Å². The summed E-state index contributed by atoms with van der Waals surface area (Å²) < 4.78 is 16.5. The summed E-state index contributed by atoms with van der Waals surface area (Å²) in [5.74, 6) is 0.487. The molecule has 1 aromatic rings. The number of methoxy groups -OCH3 is 1. The van der Waals surface area contributed by atoms with Crippen LogP contribution in [0.15, 0.2) is 24.5 Å². The number of halogens is 1. The molecule has 0 N–H and O–H groups in total. The number of rotatable bonds is 2. The highest BCUT2D eigenvalue weighted by Crippen LogP contribution is 2.07. The number of aromatic nitrogens is 1. The van der Waals surface area contributed by atoms with Crippen LogP contribution < -0.4 is 4.74 Å². The van der Waals surface area contributed by atoms with Crippen molar-refractivity contribution in [1.82, 2.24) is 4.98 Å². The summed E-state index contributed by atoms with van der Waals surface area (Å²) in [6.45, 7) is 0. The molecule has 0 unspecified atom stereocenters. The molecule has 1 aromatic heterocycles. The fourth-order valence-electron chi connectivity index (χ4n) is 0.702. The van der Waals surface area contributed by atoms with E-state index in [-0.39, 0.29) is 0 Å². The van der Waals surface area contributed by atoms with Gasteiger partial charge in [0.05, 0.1) is 19.1 Å². The Morgan fingerprint density at radius 3 is 3.00 bits per heavy atom. The van der Waals surface area contributed by atoms with Crippen molar-refractivity contribution in [1.29, 1.82) is 0 Å². The molecule has 0 saturated carbocycles. The number of hydrogen-bond acceptors (Lipinski definition) is 2. The van der Waals surface area contributed by atoms with Gasteiger partial charge in [0.25, 0.3) is 0 Å². The maximum absolute atomic E-state index is 11.7. The average Bonchev–Trinajstić information content (AvgIpc) is 2.06. The maximum atomic E-state index is 11.7. The van der Waals surface area contributed by atoms with E-state index in [1.807, 2.05) is 0 Å². The lowest BCUT2D eigenvalue weighted by atomic mass is 10.3. The normalized spacial score (nSPS) is 10.4. The first-order chi connectivity index (χ1) is 5.36. The lowest BCUT2D eigenvalue weighted by Crippen LogP contribution is -1.87. The van der Waals surface area contributed by atoms with Gasteiger partial charge in [-0.25, -0.2) is 9.37 Å². The van der Waals surface area contributed by atoms with Gasteiger partial charge in [0.2, 0.25) is 5.88 Å². The van der Waals surface area contributed by atoms with Crippen LogP contribution >= 0.6 is 0 Å². The Morgan fingerprint density at radius 2 is 2.36 bits per heavy atom. The van der Waals surface area contributed by atoms with E-state index in [0.29, 0.717) is 17.9 Å². The molecule has 0 fully saturated rings. The van der Waals surface area contributed by atoms with E-state index in [1.54, 1.807) is 18.2 Å². The number of hydrogen-bond donors (Lipinski definition) is 0. The summed E-state index contributed by atoms with van der Waals surface area (Å²) in [5, 5.41) is 0. The molecule has 0 bridgehead atoms. The summed E-state index contributed by atoms with van der Waals surface area (Å²) in [5.41, 5.74) is 0.548. The van der Waals surface area contributed by atoms with Crippen molar-refractivity contribution in [2.75, 3.05) is 7.11 Å². The second kappa shape index (κ2) is 3.71. The van der Waals surface area contributed by atoms with E-state index in [9.17, 15) is 4.39 Å². The average molecular weight is 153 g/mol. The molecular formula is C8H8FNO. The van der Waals surface area contributed by atoms with Crippen molar-refractivity contribution in [3.05, 3.63) is 30.2 Å². The van der Waals surface area contributed by atoms with Crippen molar-refractivity contribution in [2.45, 2.75) is 0 Å². The van der Waals surface area contributed by atoms with Crippen LogP contribution in [0.5, 0.6) is 5.88 Å². The van der Waals surface area contributed by atoms with Crippen molar-refractivity contribution in [2.24, 2.45) is 0 Å². The molecule has 3 heteroatoms. The molecule has 1 rings (SSSR count). The highest BCUT2D eigenvalue weighted by molar-refractivity contribution is 5.43. The highest BCUT2D eigenvalue weighted by Gasteiger charge is 1.91. The van der Waals surface area contributed by atoms with Crippen molar-refractivity contribution in [3.8, 4) is 5.88 Å². The summed E-state index contributed by atoms with van der Waals surface area (Å²) >= 11 is 0. The Balaban J connectivity index is 2.91. The minimum Gasteiger partial charge on any atom is -0.481 e. The molecule has 2 nitrogen and oxygen atoms in total. The topological polar surface area (TPSA) is 22.1 Å². The van der Waals surface area contributed by atoms with Gasteiger partial charge in [-0.1, -0.05) is 6.07 Å². The lowest BCUT2D eigenvalue weighted by molar-refractivity contribution is 0.397. The summed E-state index contributed by atoms with van der Waals surface area (Å²) in [7, 11) is 1.52. The predicted molar refractivity (Wildman–Crippen MR) is 40.9 cm³/mol. The monoisotopic (exact) mass is 153 g/mol. The van der Waals surface area contributed by atoms with E-state index in [1.165, 1.54) is 13.2 Å². The summed E-state index contributed by atoms with van der Waals surface area (Å²) in [6.07, 6.45) is 1.71. The van der Waals surface area contributed by atoms with Gasteiger partial charge < -0.3 is 4.74 Å². The fourth-order valence-corrected chi connectivity index (χ4v) is 0.702. The Hall–Kier alpha value is -1.38. The Bertz CT molecular complexity index is 260. The molecule has 0 amide bonds. The Labute approximate surface area is 64.3 Å². The van der Waals surface area contributed by atoms with Crippen molar-refractivity contribution in [3.63, 3.8) is 0 Å². The predicted octanol–water partition coefficient (Wildman–Crippen LogP) is 2.03. The van der Waals surface area contributed by atoms with Gasteiger partial charge in [0.15, 0.2) is 0 Å². The first-order valence-electron chi connectivity index (χ1n) is 3.14. The Morgan fingerprint density at radius 1 is 1.55 bits per heavy atom. The van der Waals surface area contributed by atoms with Gasteiger partial charge in [0, 0.05) is 6.07 Å². The van der Waals surface area contributed by atoms with Crippen LogP contribution in [0.4, 0.5) is 4.39 Å². The van der Waals surface area contributed by atoms with Crippen LogP contribution in [-0.4, -0.2) is 12.1 Å². The molecular weight excluding hydrogens is 145 g/mol. The minimum atomic E-state index is 0.446. The minimum absolute atomic E-state index is 0.446. The molecule has 0 saturated heterocycles. The standard InChI is InChI=1S/C8H8FNO/c1-11-8-4-2-3-7(10-8)5-6-9/h2-6H,1H3/b6-5-. The fraction of sp³-hybridized carbons (Fsp3) is 0.125. The molecule has 11 heavy (non-hydrogen) atoms. The van der Waals surface area contributed by atoms with Crippen molar-refractivity contribution < 1.29 is 9.13 Å². The number of pyridine rings is 1. The zero-order valence-electron chi connectivity index (χ0n) is 6.12. The number of nitrogens with zero attached hydrogens (tertiary/aromatic N) is 1. The smallest absolute Gasteiger partial charge is 0.213 e. The molecule has 58 valence electrons. The van der Waals surface area contributed by atoms with Crippen molar-refractivity contribution >= 4 is 6.08 Å². The van der Waals surface area contributed by atoms with Crippen LogP contribution in [-0.2, 0) is 0 Å². The highest BCUT2D eigenvalue weighted by atomic mass is 19.1. The van der Waals surface area contributed by atoms with E-state index < -0.39 is 0 Å². The van der Waals surface area contributed by atoms with Crippen LogP contribution in [0.2, 0.25) is 0 Å². The van der Waals surface area contributed by atoms with Crippen LogP contribution in [0.25, 0.3) is 6.08 Å². The van der Waals surface area contributed by atoms with Gasteiger partial charge >= 0.3 is 0 Å². The third-order valence-electron chi connectivity index (χ3n) is 1.19. The number of ether oxygens (including phenoxy) is 1. The SMILES string of the molecule is COc1cccc(/C=C\F)n1. The first kappa shape index (κ1) is 7.72. The summed E-state index contributed by atoms with van der Waals surface area (Å²) in [4.78, 5) is 3.93. The molecule has 0 radical (unpaired) electrons. The molecule has 0 aliphatic carbocycles. The second-order valence-electron chi connectivity index (χ2n) is 1.90. The quantitative estimate of drug-likeness (QED) is 0.648. The van der Waals surface area contributed by atoms with Gasteiger partial charge in [-0.05, 0) is 12.1 Å². The zero-order valence-corrected chi connectivity index (χ0v) is 6.12. The molecule has 0 atom stereocenters. The summed E-state index contributed by atoms with van der Waals surface area (Å²) in [6, 6.07) is 5.15. The first-order valence-corrected chi connectivity index (χ1v) is 3.14. The zero-order chi connectivity index (χ0) is 8.10. The third kappa shape index (κ3) is 2.04. The van der Waals surface area contributed by atoms with E-state index in [0.717, 1.165) is 0 Å². The largest absolute Gasteiger partial charge is 0.481 e. The second-order valence-corrected chi connectivity index (χ2v) is 1.90. The van der Waals surface area contributed by atoms with Gasteiger partial charge in [-0.2, -0.15) is 0 Å². The maximum Gasteiger partial charge on any atom is 0.213 e. The molecule has 0 aromatic carbocycles. The van der Waals surface area contributed by atoms with E-state index in [4.69, 9.17) is 4.74 Å². The molecule has 0 aliphatic rings. The van der Waals surface area contributed by atoms with E-state index >= 15 is 0 Å². The van der Waals surface area contributed by atoms with Gasteiger partial charge in [-0.3, -0.25) is 0 Å². The molecule has 0 aliphatic heterocycles. The molecule has 0 spiro atoms. The van der Waals surface area contributed by atoms with Gasteiger partial charge in [-0.15, -0.1) is 0 Å². The van der Waals surface area contributed by atoms with Gasteiger partial charge in [0.1, 0.15) is 0 Å².